The predicted octanol–water partition coefficient (Wildman–Crippen LogP) is 5.10. The van der Waals surface area contributed by atoms with E-state index in [2.05, 4.69) is 15.9 Å². The highest BCUT2D eigenvalue weighted by Gasteiger charge is 2.38. The molecule has 1 saturated carbocycles. The first-order chi connectivity index (χ1) is 8.89. The molecule has 19 heavy (non-hydrogen) atoms. The van der Waals surface area contributed by atoms with Gasteiger partial charge in [0.15, 0.2) is 11.6 Å². The van der Waals surface area contributed by atoms with Crippen LogP contribution in [-0.2, 0) is 6.42 Å². The van der Waals surface area contributed by atoms with Crippen LogP contribution >= 0.6 is 15.9 Å². The lowest BCUT2D eigenvalue weighted by atomic mass is 9.83. The minimum atomic E-state index is -2.63. The molecule has 0 aromatic heterocycles. The van der Waals surface area contributed by atoms with Crippen molar-refractivity contribution in [2.24, 2.45) is 5.92 Å². The number of halogens is 5. The maximum atomic E-state index is 13.5. The minimum Gasteiger partial charge on any atom is -0.207 e. The molecule has 0 spiro atoms. The van der Waals surface area contributed by atoms with Gasteiger partial charge in [-0.3, -0.25) is 0 Å². The lowest BCUT2D eigenvalue weighted by Crippen LogP contribution is -2.31. The van der Waals surface area contributed by atoms with Gasteiger partial charge in [-0.25, -0.2) is 17.6 Å². The fourth-order valence-corrected chi connectivity index (χ4v) is 3.40. The summed E-state index contributed by atoms with van der Waals surface area (Å²) in [6.07, 6.45) is 1.15. The Morgan fingerprint density at radius 1 is 1.32 bits per heavy atom. The van der Waals surface area contributed by atoms with Crippen LogP contribution < -0.4 is 0 Å². The molecule has 5 heteroatoms. The molecule has 106 valence electrons. The van der Waals surface area contributed by atoms with Crippen molar-refractivity contribution in [2.45, 2.75) is 42.9 Å². The molecule has 2 atom stereocenters. The molecule has 0 N–H and O–H groups in total. The van der Waals surface area contributed by atoms with E-state index in [9.17, 15) is 17.6 Å². The first-order valence-corrected chi connectivity index (χ1v) is 7.25. The highest BCUT2D eigenvalue weighted by molar-refractivity contribution is 9.09. The maximum absolute atomic E-state index is 13.5. The second-order valence-electron chi connectivity index (χ2n) is 5.15. The van der Waals surface area contributed by atoms with Crippen LogP contribution in [0.5, 0.6) is 0 Å². The Morgan fingerprint density at radius 2 is 2.05 bits per heavy atom. The summed E-state index contributed by atoms with van der Waals surface area (Å²) in [4.78, 5) is -0.255. The maximum Gasteiger partial charge on any atom is 0.248 e. The fraction of sp³-hybridized carbons (Fsp3) is 0.571. The molecule has 1 aliphatic carbocycles. The van der Waals surface area contributed by atoms with E-state index in [0.717, 1.165) is 6.07 Å². The predicted molar refractivity (Wildman–Crippen MR) is 69.7 cm³/mol. The van der Waals surface area contributed by atoms with Gasteiger partial charge in [0.25, 0.3) is 0 Å². The first-order valence-electron chi connectivity index (χ1n) is 6.34. The van der Waals surface area contributed by atoms with Crippen LogP contribution in [0.1, 0.15) is 31.2 Å². The SMILES string of the molecule is Fc1cccc(CC(Br)C2CCCC(F)(F)C2)c1F. The monoisotopic (exact) mass is 338 g/mol. The average molecular weight is 339 g/mol. The standard InChI is InChI=1S/C14H15BrF4/c15-11(10-4-2-6-14(18,19)8-10)7-9-3-1-5-12(16)13(9)17/h1,3,5,10-11H,2,4,6-8H2. The molecular formula is C14H15BrF4. The molecular weight excluding hydrogens is 324 g/mol. The van der Waals surface area contributed by atoms with Crippen molar-refractivity contribution >= 4 is 15.9 Å². The largest absolute Gasteiger partial charge is 0.248 e. The van der Waals surface area contributed by atoms with Gasteiger partial charge >= 0.3 is 0 Å². The second-order valence-corrected chi connectivity index (χ2v) is 6.32. The van der Waals surface area contributed by atoms with Crippen molar-refractivity contribution in [3.63, 3.8) is 0 Å². The molecule has 1 aromatic rings. The van der Waals surface area contributed by atoms with Crippen molar-refractivity contribution in [2.75, 3.05) is 0 Å². The van der Waals surface area contributed by atoms with E-state index >= 15 is 0 Å². The molecule has 0 radical (unpaired) electrons. The molecule has 2 rings (SSSR count). The van der Waals surface area contributed by atoms with Gasteiger partial charge in [0.2, 0.25) is 5.92 Å². The fourth-order valence-electron chi connectivity index (χ4n) is 2.60. The van der Waals surface area contributed by atoms with Gasteiger partial charge < -0.3 is 0 Å². The molecule has 0 nitrogen and oxygen atoms in total. The Hall–Kier alpha value is -0.580. The summed E-state index contributed by atoms with van der Waals surface area (Å²) in [5.74, 6) is -4.61. The number of hydrogen-bond acceptors (Lipinski definition) is 0. The zero-order valence-corrected chi connectivity index (χ0v) is 11.9. The number of hydrogen-bond donors (Lipinski definition) is 0. The quantitative estimate of drug-likeness (QED) is 0.531. The molecule has 0 amide bonds. The molecule has 0 heterocycles. The normalized spacial score (nSPS) is 24.2. The Balaban J connectivity index is 2.04. The molecule has 0 aliphatic heterocycles. The minimum absolute atomic E-state index is 0.0719. The van der Waals surface area contributed by atoms with E-state index in [1.54, 1.807) is 0 Å². The van der Waals surface area contributed by atoms with E-state index in [0.29, 0.717) is 12.8 Å². The topological polar surface area (TPSA) is 0 Å². The summed E-state index contributed by atoms with van der Waals surface area (Å²) in [6.45, 7) is 0. The van der Waals surface area contributed by atoms with Crippen LogP contribution in [0.25, 0.3) is 0 Å². The Bertz CT molecular complexity index is 447. The summed E-state index contributed by atoms with van der Waals surface area (Å²) in [5, 5.41) is 0. The van der Waals surface area contributed by atoms with Crippen LogP contribution in [0.3, 0.4) is 0 Å². The number of rotatable bonds is 3. The van der Waals surface area contributed by atoms with Gasteiger partial charge in [-0.15, -0.1) is 0 Å². The van der Waals surface area contributed by atoms with Crippen molar-refractivity contribution in [1.82, 2.24) is 0 Å². The highest BCUT2D eigenvalue weighted by atomic mass is 79.9. The molecule has 2 unspecified atom stereocenters. The summed E-state index contributed by atoms with van der Waals surface area (Å²) in [7, 11) is 0. The summed E-state index contributed by atoms with van der Waals surface area (Å²) >= 11 is 3.36. The molecule has 1 aliphatic rings. The van der Waals surface area contributed by atoms with Crippen LogP contribution in [0, 0.1) is 17.6 Å². The van der Waals surface area contributed by atoms with E-state index in [1.165, 1.54) is 12.1 Å². The third-order valence-corrected chi connectivity index (χ3v) is 4.71. The van der Waals surface area contributed by atoms with E-state index in [-0.39, 0.29) is 35.6 Å². The van der Waals surface area contributed by atoms with Gasteiger partial charge in [0.1, 0.15) is 0 Å². The Labute approximate surface area is 118 Å². The molecule has 0 saturated heterocycles. The molecule has 1 aromatic carbocycles. The van der Waals surface area contributed by atoms with Crippen molar-refractivity contribution in [3.8, 4) is 0 Å². The van der Waals surface area contributed by atoms with Gasteiger partial charge in [0.05, 0.1) is 0 Å². The van der Waals surface area contributed by atoms with Crippen LogP contribution in [-0.4, -0.2) is 10.7 Å². The van der Waals surface area contributed by atoms with Crippen LogP contribution in [0.2, 0.25) is 0 Å². The lowest BCUT2D eigenvalue weighted by Gasteiger charge is -2.32. The average Bonchev–Trinajstić information content (AvgIpc) is 2.33. The first kappa shape index (κ1) is 14.8. The van der Waals surface area contributed by atoms with E-state index in [4.69, 9.17) is 0 Å². The smallest absolute Gasteiger partial charge is 0.207 e. The molecule has 1 fully saturated rings. The summed E-state index contributed by atoms with van der Waals surface area (Å²) < 4.78 is 53.3. The van der Waals surface area contributed by atoms with Crippen LogP contribution in [0.4, 0.5) is 17.6 Å². The third-order valence-electron chi connectivity index (χ3n) is 3.64. The van der Waals surface area contributed by atoms with Crippen molar-refractivity contribution in [1.29, 1.82) is 0 Å². The van der Waals surface area contributed by atoms with Crippen molar-refractivity contribution in [3.05, 3.63) is 35.4 Å². The van der Waals surface area contributed by atoms with Gasteiger partial charge in [0, 0.05) is 17.7 Å². The zero-order chi connectivity index (χ0) is 14.0. The van der Waals surface area contributed by atoms with E-state index in [1.807, 2.05) is 0 Å². The number of alkyl halides is 3. The Kier molecular flexibility index (Phi) is 4.54. The van der Waals surface area contributed by atoms with Gasteiger partial charge in [-0.1, -0.05) is 28.1 Å². The van der Waals surface area contributed by atoms with E-state index < -0.39 is 17.6 Å². The van der Waals surface area contributed by atoms with Crippen molar-refractivity contribution < 1.29 is 17.6 Å². The second kappa shape index (κ2) is 5.81. The Morgan fingerprint density at radius 3 is 2.74 bits per heavy atom. The summed E-state index contributed by atoms with van der Waals surface area (Å²) in [6, 6.07) is 3.98. The zero-order valence-electron chi connectivity index (χ0n) is 10.3. The highest BCUT2D eigenvalue weighted by Crippen LogP contribution is 2.40. The van der Waals surface area contributed by atoms with Crippen LogP contribution in [0.15, 0.2) is 18.2 Å². The molecule has 0 bridgehead atoms. The summed E-state index contributed by atoms with van der Waals surface area (Å²) in [5.41, 5.74) is 0.232. The third kappa shape index (κ3) is 3.71. The van der Waals surface area contributed by atoms with Gasteiger partial charge in [-0.05, 0) is 36.8 Å². The lowest BCUT2D eigenvalue weighted by molar-refractivity contribution is -0.0522. The number of benzene rings is 1. The van der Waals surface area contributed by atoms with Gasteiger partial charge in [-0.2, -0.15) is 0 Å².